The summed E-state index contributed by atoms with van der Waals surface area (Å²) in [5, 5.41) is 3.75. The maximum Gasteiger partial charge on any atom is 0.365 e. The molecule has 0 aliphatic rings. The molecule has 102 valence electrons. The Morgan fingerprint density at radius 1 is 1.20 bits per heavy atom. The van der Waals surface area contributed by atoms with Gasteiger partial charge in [-0.2, -0.15) is 0 Å². The lowest BCUT2D eigenvalue weighted by atomic mass is 10.2. The van der Waals surface area contributed by atoms with E-state index in [2.05, 4.69) is 15.1 Å². The van der Waals surface area contributed by atoms with E-state index in [1.54, 1.807) is 56.9 Å². The van der Waals surface area contributed by atoms with Gasteiger partial charge in [-0.3, -0.25) is 9.97 Å². The first-order valence-corrected chi connectivity index (χ1v) is 5.87. The standard InChI is InChI=1S/C14H13N3O3/c1-10(13-9-15-7-8-16-13)17-20-14(18)11-3-5-12(19-2)6-4-11/h3-9H,1-2H3/b17-10-. The molecule has 0 saturated carbocycles. The Balaban J connectivity index is 2.04. The van der Waals surface area contributed by atoms with Gasteiger partial charge in [0.1, 0.15) is 17.2 Å². The predicted molar refractivity (Wildman–Crippen MR) is 72.7 cm³/mol. The first-order chi connectivity index (χ1) is 9.70. The predicted octanol–water partition coefficient (Wildman–Crippen LogP) is 2.07. The monoisotopic (exact) mass is 271 g/mol. The Morgan fingerprint density at radius 2 is 1.95 bits per heavy atom. The van der Waals surface area contributed by atoms with E-state index in [4.69, 9.17) is 9.57 Å². The summed E-state index contributed by atoms with van der Waals surface area (Å²) in [6.45, 7) is 1.69. The van der Waals surface area contributed by atoms with Crippen molar-refractivity contribution in [2.24, 2.45) is 5.16 Å². The molecule has 0 radical (unpaired) electrons. The number of nitrogens with zero attached hydrogens (tertiary/aromatic N) is 3. The van der Waals surface area contributed by atoms with Gasteiger partial charge in [0.2, 0.25) is 0 Å². The minimum atomic E-state index is -0.545. The minimum Gasteiger partial charge on any atom is -0.497 e. The lowest BCUT2D eigenvalue weighted by Gasteiger charge is -2.02. The molecular weight excluding hydrogens is 258 g/mol. The van der Waals surface area contributed by atoms with Gasteiger partial charge in [-0.1, -0.05) is 5.16 Å². The summed E-state index contributed by atoms with van der Waals surface area (Å²) in [5.41, 5.74) is 1.41. The number of rotatable bonds is 4. The molecule has 0 aliphatic carbocycles. The molecule has 6 heteroatoms. The van der Waals surface area contributed by atoms with Gasteiger partial charge in [0, 0.05) is 12.4 Å². The molecule has 1 aromatic heterocycles. The van der Waals surface area contributed by atoms with Crippen molar-refractivity contribution in [3.63, 3.8) is 0 Å². The average Bonchev–Trinajstić information content (AvgIpc) is 2.53. The van der Waals surface area contributed by atoms with Gasteiger partial charge in [0.25, 0.3) is 0 Å². The molecule has 6 nitrogen and oxygen atoms in total. The van der Waals surface area contributed by atoms with E-state index in [9.17, 15) is 4.79 Å². The summed E-state index contributed by atoms with van der Waals surface area (Å²) in [5.74, 6) is 0.122. The topological polar surface area (TPSA) is 73.7 Å². The number of ether oxygens (including phenoxy) is 1. The Morgan fingerprint density at radius 3 is 2.55 bits per heavy atom. The van der Waals surface area contributed by atoms with E-state index in [0.717, 1.165) is 0 Å². The van der Waals surface area contributed by atoms with Crippen molar-refractivity contribution in [3.05, 3.63) is 54.1 Å². The van der Waals surface area contributed by atoms with E-state index in [1.165, 1.54) is 0 Å². The van der Waals surface area contributed by atoms with E-state index in [-0.39, 0.29) is 0 Å². The second kappa shape index (κ2) is 6.42. The molecule has 2 aromatic rings. The van der Waals surface area contributed by atoms with Crippen molar-refractivity contribution < 1.29 is 14.4 Å². The van der Waals surface area contributed by atoms with E-state index < -0.39 is 5.97 Å². The minimum absolute atomic E-state index is 0.390. The molecular formula is C14H13N3O3. The Labute approximate surface area is 116 Å². The fourth-order valence-electron chi connectivity index (χ4n) is 1.42. The van der Waals surface area contributed by atoms with Crippen LogP contribution in [-0.2, 0) is 4.84 Å². The van der Waals surface area contributed by atoms with Crippen LogP contribution < -0.4 is 4.74 Å². The van der Waals surface area contributed by atoms with Gasteiger partial charge in [0.15, 0.2) is 0 Å². The van der Waals surface area contributed by atoms with Gasteiger partial charge >= 0.3 is 5.97 Å². The highest BCUT2D eigenvalue weighted by Gasteiger charge is 2.08. The Kier molecular flexibility index (Phi) is 4.39. The Hall–Kier alpha value is -2.76. The highest BCUT2D eigenvalue weighted by Crippen LogP contribution is 2.12. The third-order valence-electron chi connectivity index (χ3n) is 2.53. The van der Waals surface area contributed by atoms with Crippen LogP contribution in [-0.4, -0.2) is 28.8 Å². The number of benzene rings is 1. The van der Waals surface area contributed by atoms with Gasteiger partial charge in [-0.15, -0.1) is 0 Å². The normalized spacial score (nSPS) is 11.0. The molecule has 0 fully saturated rings. The van der Waals surface area contributed by atoms with E-state index in [1.807, 2.05) is 0 Å². The molecule has 0 saturated heterocycles. The van der Waals surface area contributed by atoms with Crippen molar-refractivity contribution >= 4 is 11.7 Å². The van der Waals surface area contributed by atoms with E-state index >= 15 is 0 Å². The molecule has 0 N–H and O–H groups in total. The zero-order chi connectivity index (χ0) is 14.4. The number of oxime groups is 1. The molecule has 0 aliphatic heterocycles. The molecule has 0 spiro atoms. The summed E-state index contributed by atoms with van der Waals surface area (Å²) < 4.78 is 5.01. The fourth-order valence-corrected chi connectivity index (χ4v) is 1.42. The van der Waals surface area contributed by atoms with Gasteiger partial charge in [-0.05, 0) is 31.2 Å². The van der Waals surface area contributed by atoms with Crippen LogP contribution in [0, 0.1) is 0 Å². The zero-order valence-corrected chi connectivity index (χ0v) is 11.1. The first-order valence-electron chi connectivity index (χ1n) is 5.87. The number of hydrogen-bond acceptors (Lipinski definition) is 6. The number of hydrogen-bond donors (Lipinski definition) is 0. The molecule has 20 heavy (non-hydrogen) atoms. The maximum atomic E-state index is 11.8. The second-order valence-electron chi connectivity index (χ2n) is 3.87. The number of carbonyl (C=O) groups excluding carboxylic acids is 1. The quantitative estimate of drug-likeness (QED) is 0.483. The molecule has 1 heterocycles. The largest absolute Gasteiger partial charge is 0.497 e. The lowest BCUT2D eigenvalue weighted by molar-refractivity contribution is 0.0516. The van der Waals surface area contributed by atoms with Crippen LogP contribution in [0.1, 0.15) is 23.0 Å². The highest BCUT2D eigenvalue weighted by molar-refractivity contribution is 5.97. The summed E-state index contributed by atoms with van der Waals surface area (Å²) in [6.07, 6.45) is 4.64. The summed E-state index contributed by atoms with van der Waals surface area (Å²) >= 11 is 0. The van der Waals surface area contributed by atoms with Gasteiger partial charge in [0.05, 0.1) is 18.9 Å². The summed E-state index contributed by atoms with van der Waals surface area (Å²) in [6, 6.07) is 6.56. The maximum absolute atomic E-state index is 11.8. The van der Waals surface area contributed by atoms with Crippen molar-refractivity contribution in [2.45, 2.75) is 6.92 Å². The van der Waals surface area contributed by atoms with Crippen LogP contribution >= 0.6 is 0 Å². The van der Waals surface area contributed by atoms with Crippen molar-refractivity contribution in [1.82, 2.24) is 9.97 Å². The average molecular weight is 271 g/mol. The summed E-state index contributed by atoms with van der Waals surface area (Å²) in [7, 11) is 1.56. The van der Waals surface area contributed by atoms with Crippen LogP contribution in [0.15, 0.2) is 48.0 Å². The third kappa shape index (κ3) is 3.38. The van der Waals surface area contributed by atoms with Gasteiger partial charge in [-0.25, -0.2) is 4.79 Å². The molecule has 2 rings (SSSR count). The van der Waals surface area contributed by atoms with E-state index in [0.29, 0.717) is 22.7 Å². The molecule has 0 atom stereocenters. The van der Waals surface area contributed by atoms with Crippen molar-refractivity contribution in [1.29, 1.82) is 0 Å². The molecule has 1 aromatic carbocycles. The number of methoxy groups -OCH3 is 1. The molecule has 0 amide bonds. The summed E-state index contributed by atoms with van der Waals surface area (Å²) in [4.78, 5) is 24.6. The Bertz CT molecular complexity index is 609. The second-order valence-corrected chi connectivity index (χ2v) is 3.87. The highest BCUT2D eigenvalue weighted by atomic mass is 16.7. The van der Waals surface area contributed by atoms with Crippen molar-refractivity contribution in [3.8, 4) is 5.75 Å². The smallest absolute Gasteiger partial charge is 0.365 e. The molecule has 0 unspecified atom stereocenters. The van der Waals surface area contributed by atoms with Crippen LogP contribution in [0.25, 0.3) is 0 Å². The van der Waals surface area contributed by atoms with Crippen LogP contribution in [0.2, 0.25) is 0 Å². The van der Waals surface area contributed by atoms with Crippen LogP contribution in [0.3, 0.4) is 0 Å². The first kappa shape index (κ1) is 13.7. The van der Waals surface area contributed by atoms with Crippen LogP contribution in [0.4, 0.5) is 0 Å². The SMILES string of the molecule is COc1ccc(C(=O)O/N=C(/C)c2cnccn2)cc1. The van der Waals surface area contributed by atoms with Crippen LogP contribution in [0.5, 0.6) is 5.75 Å². The fraction of sp³-hybridized carbons (Fsp3) is 0.143. The zero-order valence-electron chi connectivity index (χ0n) is 11.1. The van der Waals surface area contributed by atoms with Gasteiger partial charge < -0.3 is 9.57 Å². The third-order valence-corrected chi connectivity index (χ3v) is 2.53. The number of carbonyl (C=O) groups is 1. The lowest BCUT2D eigenvalue weighted by Crippen LogP contribution is -2.05. The van der Waals surface area contributed by atoms with Crippen molar-refractivity contribution in [2.75, 3.05) is 7.11 Å². The number of aromatic nitrogens is 2. The molecule has 0 bridgehead atoms.